The van der Waals surface area contributed by atoms with Gasteiger partial charge in [-0.05, 0) is 69.7 Å². The van der Waals surface area contributed by atoms with Crippen LogP contribution in [0.1, 0.15) is 44.7 Å². The summed E-state index contributed by atoms with van der Waals surface area (Å²) in [6, 6.07) is 16.7. The van der Waals surface area contributed by atoms with Crippen molar-refractivity contribution in [2.75, 3.05) is 25.0 Å². The molecule has 3 aromatic rings. The van der Waals surface area contributed by atoms with Crippen molar-refractivity contribution >= 4 is 23.1 Å². The number of aryl methyl sites for hydroxylation is 1. The van der Waals surface area contributed by atoms with Crippen molar-refractivity contribution in [3.63, 3.8) is 0 Å². The molecule has 1 atom stereocenters. The lowest BCUT2D eigenvalue weighted by Gasteiger charge is -2.34. The van der Waals surface area contributed by atoms with Gasteiger partial charge in [0.15, 0.2) is 0 Å². The topological polar surface area (TPSA) is 59.4 Å². The molecule has 1 N–H and O–H groups in total. The molecule has 2 heterocycles. The van der Waals surface area contributed by atoms with Gasteiger partial charge in [0.05, 0.1) is 17.6 Å². The van der Waals surface area contributed by atoms with Crippen LogP contribution in [0.2, 0.25) is 0 Å². The zero-order valence-corrected chi connectivity index (χ0v) is 19.6. The molecule has 1 saturated heterocycles. The largest absolute Gasteiger partial charge is 0.444 e. The van der Waals surface area contributed by atoms with Crippen molar-refractivity contribution in [1.82, 2.24) is 14.5 Å². The normalized spacial score (nSPS) is 16.9. The summed E-state index contributed by atoms with van der Waals surface area (Å²) in [6.45, 7) is 10.9. The van der Waals surface area contributed by atoms with E-state index in [2.05, 4.69) is 59.3 Å². The molecule has 1 amide bonds. The highest BCUT2D eigenvalue weighted by Gasteiger charge is 2.27. The van der Waals surface area contributed by atoms with E-state index in [1.807, 2.05) is 31.7 Å². The first-order valence-corrected chi connectivity index (χ1v) is 11.5. The molecule has 170 valence electrons. The van der Waals surface area contributed by atoms with Gasteiger partial charge < -0.3 is 19.5 Å². The van der Waals surface area contributed by atoms with Crippen LogP contribution < -0.4 is 5.32 Å². The Bertz CT molecular complexity index is 1080. The number of benzene rings is 2. The molecule has 0 saturated carbocycles. The number of fused-ring (bicyclic) bond motifs is 1. The van der Waals surface area contributed by atoms with Gasteiger partial charge >= 0.3 is 6.09 Å². The van der Waals surface area contributed by atoms with Gasteiger partial charge in [0.1, 0.15) is 5.60 Å². The lowest BCUT2D eigenvalue weighted by molar-refractivity contribution is 0.0172. The quantitative estimate of drug-likeness (QED) is 0.580. The number of anilines is 1. The maximum atomic E-state index is 12.5. The van der Waals surface area contributed by atoms with E-state index in [0.29, 0.717) is 12.5 Å². The zero-order valence-electron chi connectivity index (χ0n) is 19.6. The molecule has 1 aliphatic rings. The molecular formula is C26H34N4O2. The van der Waals surface area contributed by atoms with Gasteiger partial charge in [0.2, 0.25) is 5.95 Å². The van der Waals surface area contributed by atoms with Gasteiger partial charge in [0.25, 0.3) is 0 Å². The number of nitrogens with one attached hydrogen (secondary N) is 1. The first-order chi connectivity index (χ1) is 15.3. The van der Waals surface area contributed by atoms with Crippen molar-refractivity contribution < 1.29 is 9.53 Å². The molecule has 0 aliphatic carbocycles. The fraction of sp³-hybridized carbons (Fsp3) is 0.462. The Hall–Kier alpha value is -3.02. The number of rotatable bonds is 5. The molecule has 1 aliphatic heterocycles. The van der Waals surface area contributed by atoms with Crippen molar-refractivity contribution in [2.45, 2.75) is 52.7 Å². The second-order valence-electron chi connectivity index (χ2n) is 9.75. The summed E-state index contributed by atoms with van der Waals surface area (Å²) in [5.41, 5.74) is 4.20. The number of imidazole rings is 1. The number of carbonyl (C=O) groups excluding carboxylic acids is 1. The molecule has 1 aromatic heterocycles. The number of para-hydroxylation sites is 2. The fourth-order valence-electron chi connectivity index (χ4n) is 4.29. The number of hydrogen-bond donors (Lipinski definition) is 1. The molecule has 4 rings (SSSR count). The molecule has 0 radical (unpaired) electrons. The average Bonchev–Trinajstić information content (AvgIpc) is 3.10. The number of likely N-dealkylation sites (tertiary alicyclic amines) is 1. The summed E-state index contributed by atoms with van der Waals surface area (Å²) in [6.07, 6.45) is 1.87. The first kappa shape index (κ1) is 22.2. The Morgan fingerprint density at radius 1 is 1.16 bits per heavy atom. The van der Waals surface area contributed by atoms with Gasteiger partial charge in [0, 0.05) is 19.6 Å². The summed E-state index contributed by atoms with van der Waals surface area (Å²) < 4.78 is 7.83. The molecule has 2 aromatic carbocycles. The van der Waals surface area contributed by atoms with Crippen LogP contribution >= 0.6 is 0 Å². The summed E-state index contributed by atoms with van der Waals surface area (Å²) in [7, 11) is 0. The van der Waals surface area contributed by atoms with Crippen LogP contribution in [-0.2, 0) is 11.3 Å². The van der Waals surface area contributed by atoms with E-state index in [1.165, 1.54) is 11.1 Å². The predicted octanol–water partition coefficient (Wildman–Crippen LogP) is 5.45. The van der Waals surface area contributed by atoms with Crippen LogP contribution in [0.4, 0.5) is 10.7 Å². The van der Waals surface area contributed by atoms with E-state index in [4.69, 9.17) is 9.72 Å². The number of amides is 1. The van der Waals surface area contributed by atoms with Crippen LogP contribution in [0.15, 0.2) is 48.5 Å². The van der Waals surface area contributed by atoms with Crippen LogP contribution in [-0.4, -0.2) is 45.8 Å². The number of carbonyl (C=O) groups is 1. The van der Waals surface area contributed by atoms with Crippen LogP contribution in [0.5, 0.6) is 0 Å². The summed E-state index contributed by atoms with van der Waals surface area (Å²) in [5, 5.41) is 3.59. The lowest BCUT2D eigenvalue weighted by Crippen LogP contribution is -2.44. The van der Waals surface area contributed by atoms with Gasteiger partial charge in [-0.15, -0.1) is 0 Å². The van der Waals surface area contributed by atoms with Crippen molar-refractivity contribution in [3.05, 3.63) is 59.7 Å². The Kier molecular flexibility index (Phi) is 6.40. The van der Waals surface area contributed by atoms with E-state index in [1.54, 1.807) is 0 Å². The Morgan fingerprint density at radius 2 is 1.91 bits per heavy atom. The minimum Gasteiger partial charge on any atom is -0.444 e. The number of nitrogens with zero attached hydrogens (tertiary/aromatic N) is 3. The van der Waals surface area contributed by atoms with E-state index < -0.39 is 5.60 Å². The molecule has 0 unspecified atom stereocenters. The second-order valence-corrected chi connectivity index (χ2v) is 9.75. The highest BCUT2D eigenvalue weighted by molar-refractivity contribution is 5.78. The predicted molar refractivity (Wildman–Crippen MR) is 129 cm³/mol. The van der Waals surface area contributed by atoms with Crippen molar-refractivity contribution in [3.8, 4) is 0 Å². The summed E-state index contributed by atoms with van der Waals surface area (Å²) in [4.78, 5) is 19.2. The number of piperidine rings is 1. The number of aromatic nitrogens is 2. The standard InChI is InChI=1S/C26H34N4O2/c1-19-10-5-6-12-21(19)18-30-23-14-8-7-13-22(23)28-24(30)27-16-20-11-9-15-29(17-20)25(31)32-26(2,3)4/h5-8,10,12-14,20H,9,11,15-18H2,1-4H3,(H,27,28)/t20-/m0/s1. The minimum atomic E-state index is -0.470. The van der Waals surface area contributed by atoms with Gasteiger partial charge in [-0.3, -0.25) is 0 Å². The van der Waals surface area contributed by atoms with E-state index in [-0.39, 0.29) is 6.09 Å². The molecule has 6 nitrogen and oxygen atoms in total. The molecule has 32 heavy (non-hydrogen) atoms. The number of ether oxygens (including phenoxy) is 1. The Morgan fingerprint density at radius 3 is 2.69 bits per heavy atom. The highest BCUT2D eigenvalue weighted by Crippen LogP contribution is 2.24. The summed E-state index contributed by atoms with van der Waals surface area (Å²) >= 11 is 0. The van der Waals surface area contributed by atoms with Gasteiger partial charge in [-0.2, -0.15) is 0 Å². The average molecular weight is 435 g/mol. The highest BCUT2D eigenvalue weighted by atomic mass is 16.6. The van der Waals surface area contributed by atoms with Crippen LogP contribution in [0.25, 0.3) is 11.0 Å². The smallest absolute Gasteiger partial charge is 0.410 e. The molecule has 0 spiro atoms. The molecular weight excluding hydrogens is 400 g/mol. The monoisotopic (exact) mass is 434 g/mol. The Labute approximate surface area is 190 Å². The molecule has 0 bridgehead atoms. The third-order valence-electron chi connectivity index (χ3n) is 5.96. The van der Waals surface area contributed by atoms with Crippen molar-refractivity contribution in [2.24, 2.45) is 5.92 Å². The van der Waals surface area contributed by atoms with Gasteiger partial charge in [-0.25, -0.2) is 9.78 Å². The second kappa shape index (κ2) is 9.23. The molecule has 1 fully saturated rings. The zero-order chi connectivity index (χ0) is 22.7. The van der Waals surface area contributed by atoms with E-state index in [9.17, 15) is 4.79 Å². The Balaban J connectivity index is 1.48. The lowest BCUT2D eigenvalue weighted by atomic mass is 9.98. The van der Waals surface area contributed by atoms with E-state index in [0.717, 1.165) is 49.5 Å². The first-order valence-electron chi connectivity index (χ1n) is 11.5. The fourth-order valence-corrected chi connectivity index (χ4v) is 4.29. The number of hydrogen-bond acceptors (Lipinski definition) is 4. The maximum absolute atomic E-state index is 12.5. The SMILES string of the molecule is Cc1ccccc1Cn1c(NC[C@@H]2CCCN(C(=O)OC(C)(C)C)C2)nc2ccccc21. The van der Waals surface area contributed by atoms with Crippen LogP contribution in [0, 0.1) is 12.8 Å². The maximum Gasteiger partial charge on any atom is 0.410 e. The minimum absolute atomic E-state index is 0.214. The molecule has 6 heteroatoms. The van der Waals surface area contributed by atoms with E-state index >= 15 is 0 Å². The third-order valence-corrected chi connectivity index (χ3v) is 5.96. The third kappa shape index (κ3) is 5.23. The van der Waals surface area contributed by atoms with Crippen LogP contribution in [0.3, 0.4) is 0 Å². The summed E-state index contributed by atoms with van der Waals surface area (Å²) in [5.74, 6) is 1.24. The van der Waals surface area contributed by atoms with Gasteiger partial charge in [-0.1, -0.05) is 36.4 Å². The van der Waals surface area contributed by atoms with Crippen molar-refractivity contribution in [1.29, 1.82) is 0 Å².